The smallest absolute Gasteiger partial charge is 0.229 e. The number of aromatic amines is 1. The van der Waals surface area contributed by atoms with E-state index in [0.29, 0.717) is 11.8 Å². The number of aromatic nitrogens is 6. The Morgan fingerprint density at radius 3 is 2.69 bits per heavy atom. The first-order chi connectivity index (χ1) is 17.6. The number of pyridine rings is 1. The standard InChI is InChI=1S/C25H30N10O/c1-16-13-23(32-31-16)28-22-15-24(34-11-7-17(26)8-12-34)30-25(29-22)35-10-4-6-20(35)21-14-19(33-36-21)18-5-2-3-9-27-18/h2-3,5,9,13-15,17,20H,4,6-8,10-12,26H2,1H3,(H2,28,29,30,31,32). The molecule has 0 aromatic carbocycles. The molecule has 1 atom stereocenters. The number of nitrogens with one attached hydrogen (secondary N) is 2. The van der Waals surface area contributed by atoms with E-state index in [0.717, 1.165) is 79.8 Å². The molecule has 4 aromatic rings. The molecule has 11 nitrogen and oxygen atoms in total. The molecule has 36 heavy (non-hydrogen) atoms. The number of rotatable bonds is 6. The number of hydrogen-bond acceptors (Lipinski definition) is 10. The Morgan fingerprint density at radius 1 is 1.03 bits per heavy atom. The highest BCUT2D eigenvalue weighted by Gasteiger charge is 2.32. The SMILES string of the molecule is Cc1cc(Nc2cc(N3CCC(N)CC3)nc(N3CCCC3c3cc(-c4ccccn4)no3)n2)n[nH]1. The Hall–Kier alpha value is -3.99. The molecular weight excluding hydrogens is 456 g/mol. The van der Waals surface area contributed by atoms with Gasteiger partial charge in [0, 0.05) is 55.8 Å². The lowest BCUT2D eigenvalue weighted by Gasteiger charge is -2.32. The Bertz CT molecular complexity index is 1310. The molecule has 2 fully saturated rings. The van der Waals surface area contributed by atoms with Gasteiger partial charge in [0.05, 0.1) is 11.7 Å². The summed E-state index contributed by atoms with van der Waals surface area (Å²) >= 11 is 0. The molecule has 2 aliphatic heterocycles. The number of piperidine rings is 1. The van der Waals surface area contributed by atoms with Gasteiger partial charge in [-0.1, -0.05) is 11.2 Å². The average Bonchev–Trinajstić information content (AvgIpc) is 3.66. The van der Waals surface area contributed by atoms with Crippen LogP contribution in [0.2, 0.25) is 0 Å². The first kappa shape index (κ1) is 22.5. The van der Waals surface area contributed by atoms with Gasteiger partial charge >= 0.3 is 0 Å². The number of H-pyrrole nitrogens is 1. The number of anilines is 4. The average molecular weight is 487 g/mol. The maximum Gasteiger partial charge on any atom is 0.229 e. The molecule has 2 aliphatic rings. The summed E-state index contributed by atoms with van der Waals surface area (Å²) in [5.74, 6) is 3.77. The van der Waals surface area contributed by atoms with E-state index in [2.05, 4.69) is 35.5 Å². The Kier molecular flexibility index (Phi) is 5.98. The summed E-state index contributed by atoms with van der Waals surface area (Å²) in [4.78, 5) is 18.8. The van der Waals surface area contributed by atoms with Crippen molar-refractivity contribution in [3.63, 3.8) is 0 Å². The summed E-state index contributed by atoms with van der Waals surface area (Å²) in [5, 5.41) is 14.9. The van der Waals surface area contributed by atoms with E-state index < -0.39 is 0 Å². The second-order valence-electron chi connectivity index (χ2n) is 9.48. The van der Waals surface area contributed by atoms with Crippen LogP contribution in [0.5, 0.6) is 0 Å². The lowest BCUT2D eigenvalue weighted by molar-refractivity contribution is 0.362. The van der Waals surface area contributed by atoms with Crippen molar-refractivity contribution < 1.29 is 4.52 Å². The van der Waals surface area contributed by atoms with E-state index in [4.69, 9.17) is 20.2 Å². The van der Waals surface area contributed by atoms with E-state index in [1.54, 1.807) is 6.20 Å². The first-order valence-corrected chi connectivity index (χ1v) is 12.5. The summed E-state index contributed by atoms with van der Waals surface area (Å²) in [6.45, 7) is 4.55. The lowest BCUT2D eigenvalue weighted by Crippen LogP contribution is -2.40. The topological polar surface area (TPSA) is 138 Å². The third kappa shape index (κ3) is 4.61. The van der Waals surface area contributed by atoms with Crippen molar-refractivity contribution in [2.45, 2.75) is 44.7 Å². The van der Waals surface area contributed by atoms with Crippen molar-refractivity contribution in [3.05, 3.63) is 54.0 Å². The van der Waals surface area contributed by atoms with E-state index in [-0.39, 0.29) is 12.1 Å². The van der Waals surface area contributed by atoms with Crippen LogP contribution in [0.3, 0.4) is 0 Å². The van der Waals surface area contributed by atoms with Gasteiger partial charge < -0.3 is 25.4 Å². The van der Waals surface area contributed by atoms with Crippen molar-refractivity contribution in [3.8, 4) is 11.4 Å². The van der Waals surface area contributed by atoms with Crippen LogP contribution in [-0.4, -0.2) is 56.0 Å². The normalized spacial score (nSPS) is 18.7. The molecule has 0 spiro atoms. The number of hydrogen-bond donors (Lipinski definition) is 3. The van der Waals surface area contributed by atoms with Gasteiger partial charge in [-0.05, 0) is 44.7 Å². The van der Waals surface area contributed by atoms with Gasteiger partial charge in [0.2, 0.25) is 5.95 Å². The Balaban J connectivity index is 1.32. The molecule has 4 aromatic heterocycles. The van der Waals surface area contributed by atoms with Gasteiger partial charge in [-0.2, -0.15) is 15.1 Å². The van der Waals surface area contributed by atoms with Crippen molar-refractivity contribution in [1.82, 2.24) is 30.3 Å². The first-order valence-electron chi connectivity index (χ1n) is 12.5. The third-order valence-corrected chi connectivity index (χ3v) is 6.82. The van der Waals surface area contributed by atoms with E-state index in [1.807, 2.05) is 43.3 Å². The highest BCUT2D eigenvalue weighted by atomic mass is 16.5. The van der Waals surface area contributed by atoms with Crippen LogP contribution >= 0.6 is 0 Å². The number of nitrogens with zero attached hydrogens (tertiary/aromatic N) is 7. The molecule has 0 amide bonds. The zero-order valence-corrected chi connectivity index (χ0v) is 20.3. The molecule has 1 unspecified atom stereocenters. The minimum Gasteiger partial charge on any atom is -0.358 e. The molecule has 0 saturated carbocycles. The predicted molar refractivity (Wildman–Crippen MR) is 137 cm³/mol. The van der Waals surface area contributed by atoms with Crippen molar-refractivity contribution in [2.75, 3.05) is 34.8 Å². The second-order valence-corrected chi connectivity index (χ2v) is 9.48. The molecule has 0 radical (unpaired) electrons. The molecule has 6 heterocycles. The molecule has 186 valence electrons. The van der Waals surface area contributed by atoms with Crippen molar-refractivity contribution >= 4 is 23.4 Å². The molecule has 6 rings (SSSR count). The number of aryl methyl sites for hydroxylation is 1. The van der Waals surface area contributed by atoms with Crippen LogP contribution in [0.25, 0.3) is 11.4 Å². The predicted octanol–water partition coefficient (Wildman–Crippen LogP) is 3.57. The van der Waals surface area contributed by atoms with Crippen LogP contribution < -0.4 is 20.9 Å². The minimum atomic E-state index is 0.000434. The summed E-state index contributed by atoms with van der Waals surface area (Å²) in [6, 6.07) is 11.9. The van der Waals surface area contributed by atoms with E-state index in [9.17, 15) is 0 Å². The fourth-order valence-electron chi connectivity index (χ4n) is 4.90. The Labute approximate surface area is 209 Å². The van der Waals surface area contributed by atoms with Crippen molar-refractivity contribution in [1.29, 1.82) is 0 Å². The van der Waals surface area contributed by atoms with Gasteiger partial charge in [-0.15, -0.1) is 0 Å². The summed E-state index contributed by atoms with van der Waals surface area (Å²) in [6.07, 6.45) is 5.60. The van der Waals surface area contributed by atoms with Crippen molar-refractivity contribution in [2.24, 2.45) is 5.73 Å². The fraction of sp³-hybridized carbons (Fsp3) is 0.400. The molecular formula is C25H30N10O. The zero-order valence-electron chi connectivity index (χ0n) is 20.3. The van der Waals surface area contributed by atoms with Gasteiger partial charge in [0.1, 0.15) is 17.3 Å². The summed E-state index contributed by atoms with van der Waals surface area (Å²) in [5.41, 5.74) is 8.65. The van der Waals surface area contributed by atoms with Gasteiger partial charge in [0.25, 0.3) is 0 Å². The molecule has 4 N–H and O–H groups in total. The monoisotopic (exact) mass is 486 g/mol. The summed E-state index contributed by atoms with van der Waals surface area (Å²) < 4.78 is 5.80. The van der Waals surface area contributed by atoms with Crippen LogP contribution in [0.4, 0.5) is 23.4 Å². The second kappa shape index (κ2) is 9.57. The maximum atomic E-state index is 6.15. The molecule has 2 saturated heterocycles. The van der Waals surface area contributed by atoms with Gasteiger partial charge in [-0.25, -0.2) is 0 Å². The molecule has 0 bridgehead atoms. The van der Waals surface area contributed by atoms with Crippen LogP contribution in [0.15, 0.2) is 47.1 Å². The van der Waals surface area contributed by atoms with Crippen LogP contribution in [0.1, 0.15) is 43.2 Å². The summed E-state index contributed by atoms with van der Waals surface area (Å²) in [7, 11) is 0. The van der Waals surface area contributed by atoms with E-state index in [1.165, 1.54) is 0 Å². The van der Waals surface area contributed by atoms with Crippen LogP contribution in [0, 0.1) is 6.92 Å². The largest absolute Gasteiger partial charge is 0.358 e. The third-order valence-electron chi connectivity index (χ3n) is 6.82. The lowest BCUT2D eigenvalue weighted by atomic mass is 10.1. The quantitative estimate of drug-likeness (QED) is 0.371. The fourth-order valence-corrected chi connectivity index (χ4v) is 4.90. The molecule has 0 aliphatic carbocycles. The minimum absolute atomic E-state index is 0.000434. The number of nitrogens with two attached hydrogens (primary N) is 1. The highest BCUT2D eigenvalue weighted by Crippen LogP contribution is 2.37. The van der Waals surface area contributed by atoms with E-state index >= 15 is 0 Å². The van der Waals surface area contributed by atoms with Gasteiger partial charge in [0.15, 0.2) is 11.6 Å². The molecule has 11 heteroatoms. The Morgan fingerprint density at radius 2 is 1.92 bits per heavy atom. The maximum absolute atomic E-state index is 6.15. The highest BCUT2D eigenvalue weighted by molar-refractivity contribution is 5.61. The van der Waals surface area contributed by atoms with Gasteiger partial charge in [-0.3, -0.25) is 10.1 Å². The van der Waals surface area contributed by atoms with Crippen LogP contribution in [-0.2, 0) is 0 Å². The zero-order chi connectivity index (χ0) is 24.5.